The molecule has 21 heavy (non-hydrogen) atoms. The molecule has 9 heteroatoms. The lowest BCUT2D eigenvalue weighted by molar-refractivity contribution is -0.384. The minimum absolute atomic E-state index is 0.0229. The van der Waals surface area contributed by atoms with E-state index in [4.69, 9.17) is 21.4 Å². The molecule has 0 aliphatic carbocycles. The summed E-state index contributed by atoms with van der Waals surface area (Å²) in [6.45, 7) is 0. The number of nitro benzene ring substituents is 1. The third kappa shape index (κ3) is 3.47. The van der Waals surface area contributed by atoms with Crippen molar-refractivity contribution < 1.29 is 19.6 Å². The van der Waals surface area contributed by atoms with Gasteiger partial charge < -0.3 is 9.84 Å². The first kappa shape index (κ1) is 15.2. The van der Waals surface area contributed by atoms with Crippen molar-refractivity contribution in [2.24, 2.45) is 0 Å². The highest BCUT2D eigenvalue weighted by molar-refractivity contribution is 9.10. The van der Waals surface area contributed by atoms with Gasteiger partial charge in [0.15, 0.2) is 0 Å². The Morgan fingerprint density at radius 2 is 2.14 bits per heavy atom. The van der Waals surface area contributed by atoms with Crippen molar-refractivity contribution in [2.75, 3.05) is 0 Å². The molecule has 0 aliphatic heterocycles. The first-order valence-electron chi connectivity index (χ1n) is 5.39. The first-order valence-corrected chi connectivity index (χ1v) is 6.56. The molecule has 0 bridgehead atoms. The lowest BCUT2D eigenvalue weighted by Gasteiger charge is -2.09. The minimum atomic E-state index is -1.23. The standard InChI is InChI=1S/C12H6BrClN2O5/c13-6-3-8(12(17)18)11(15-5-6)21-10-2-1-7(16(19)20)4-9(10)14/h1-5H,(H,17,18). The number of nitro groups is 1. The highest BCUT2D eigenvalue weighted by Crippen LogP contribution is 2.33. The topological polar surface area (TPSA) is 103 Å². The number of pyridine rings is 1. The molecular weight excluding hydrogens is 367 g/mol. The van der Waals surface area contributed by atoms with Gasteiger partial charge in [-0.3, -0.25) is 10.1 Å². The molecule has 2 aromatic rings. The number of benzene rings is 1. The molecule has 0 aliphatic rings. The van der Waals surface area contributed by atoms with Crippen LogP contribution in [0.4, 0.5) is 5.69 Å². The zero-order chi connectivity index (χ0) is 15.6. The molecule has 0 saturated carbocycles. The quantitative estimate of drug-likeness (QED) is 0.644. The van der Waals surface area contributed by atoms with Crippen LogP contribution in [0.3, 0.4) is 0 Å². The largest absolute Gasteiger partial charge is 0.477 e. The van der Waals surface area contributed by atoms with Gasteiger partial charge in [0.25, 0.3) is 5.69 Å². The van der Waals surface area contributed by atoms with Crippen LogP contribution in [0.2, 0.25) is 5.02 Å². The van der Waals surface area contributed by atoms with Crippen molar-refractivity contribution in [1.29, 1.82) is 0 Å². The van der Waals surface area contributed by atoms with Gasteiger partial charge in [-0.1, -0.05) is 11.6 Å². The molecule has 108 valence electrons. The number of carbonyl (C=O) groups is 1. The molecule has 0 atom stereocenters. The van der Waals surface area contributed by atoms with Gasteiger partial charge in [0, 0.05) is 22.8 Å². The average Bonchev–Trinajstić information content (AvgIpc) is 2.42. The van der Waals surface area contributed by atoms with E-state index in [0.29, 0.717) is 4.47 Å². The molecule has 1 N–H and O–H groups in total. The van der Waals surface area contributed by atoms with Gasteiger partial charge in [0.05, 0.1) is 9.95 Å². The third-order valence-electron chi connectivity index (χ3n) is 2.38. The highest BCUT2D eigenvalue weighted by atomic mass is 79.9. The van der Waals surface area contributed by atoms with Crippen molar-refractivity contribution >= 4 is 39.2 Å². The van der Waals surface area contributed by atoms with Gasteiger partial charge in [-0.2, -0.15) is 0 Å². The zero-order valence-electron chi connectivity index (χ0n) is 10.1. The number of carboxylic acid groups (broad SMARTS) is 1. The number of halogens is 2. The van der Waals surface area contributed by atoms with Crippen molar-refractivity contribution in [3.05, 3.63) is 55.6 Å². The van der Waals surface area contributed by atoms with E-state index in [0.717, 1.165) is 6.07 Å². The van der Waals surface area contributed by atoms with Gasteiger partial charge in [-0.05, 0) is 28.1 Å². The average molecular weight is 374 g/mol. The molecule has 0 radical (unpaired) electrons. The van der Waals surface area contributed by atoms with Gasteiger partial charge in [0.1, 0.15) is 11.3 Å². The fraction of sp³-hybridized carbons (Fsp3) is 0. The maximum Gasteiger partial charge on any atom is 0.341 e. The van der Waals surface area contributed by atoms with Crippen LogP contribution in [0.5, 0.6) is 11.6 Å². The molecule has 1 heterocycles. The zero-order valence-corrected chi connectivity index (χ0v) is 12.5. The van der Waals surface area contributed by atoms with Crippen LogP contribution in [-0.2, 0) is 0 Å². The molecule has 0 amide bonds. The summed E-state index contributed by atoms with van der Waals surface area (Å²) >= 11 is 8.98. The Labute approximate surface area is 131 Å². The van der Waals surface area contributed by atoms with Crippen LogP contribution in [-0.4, -0.2) is 21.0 Å². The first-order chi connectivity index (χ1) is 9.88. The Balaban J connectivity index is 2.39. The van der Waals surface area contributed by atoms with Crippen molar-refractivity contribution in [2.45, 2.75) is 0 Å². The predicted molar refractivity (Wildman–Crippen MR) is 77.1 cm³/mol. The van der Waals surface area contributed by atoms with Crippen LogP contribution >= 0.6 is 27.5 Å². The van der Waals surface area contributed by atoms with Crippen LogP contribution in [0, 0.1) is 10.1 Å². The number of nitrogens with zero attached hydrogens (tertiary/aromatic N) is 2. The van der Waals surface area contributed by atoms with E-state index in [2.05, 4.69) is 20.9 Å². The van der Waals surface area contributed by atoms with E-state index in [1.54, 1.807) is 0 Å². The SMILES string of the molecule is O=C(O)c1cc(Br)cnc1Oc1ccc([N+](=O)[O-])cc1Cl. The van der Waals surface area contributed by atoms with E-state index in [-0.39, 0.29) is 27.9 Å². The predicted octanol–water partition coefficient (Wildman–Crippen LogP) is 3.90. The van der Waals surface area contributed by atoms with Crippen molar-refractivity contribution in [1.82, 2.24) is 4.98 Å². The molecular formula is C12H6BrClN2O5. The fourth-order valence-corrected chi connectivity index (χ4v) is 2.00. The van der Waals surface area contributed by atoms with Crippen LogP contribution in [0.15, 0.2) is 34.9 Å². The van der Waals surface area contributed by atoms with E-state index < -0.39 is 10.9 Å². The minimum Gasteiger partial charge on any atom is -0.477 e. The normalized spacial score (nSPS) is 10.2. The molecule has 0 fully saturated rings. The number of carboxylic acids is 1. The lowest BCUT2D eigenvalue weighted by Crippen LogP contribution is -2.02. The molecule has 0 spiro atoms. The van der Waals surface area contributed by atoms with Gasteiger partial charge in [0.2, 0.25) is 5.88 Å². The van der Waals surface area contributed by atoms with Crippen molar-refractivity contribution in [3.8, 4) is 11.6 Å². The molecule has 1 aromatic heterocycles. The van der Waals surface area contributed by atoms with Crippen molar-refractivity contribution in [3.63, 3.8) is 0 Å². The summed E-state index contributed by atoms with van der Waals surface area (Å²) in [7, 11) is 0. The number of hydrogen-bond acceptors (Lipinski definition) is 5. The van der Waals surface area contributed by atoms with E-state index in [1.165, 1.54) is 24.4 Å². The summed E-state index contributed by atoms with van der Waals surface area (Å²) in [6.07, 6.45) is 1.36. The summed E-state index contributed by atoms with van der Waals surface area (Å²) in [6, 6.07) is 4.90. The Kier molecular flexibility index (Phi) is 4.39. The Morgan fingerprint density at radius 3 is 2.71 bits per heavy atom. The van der Waals surface area contributed by atoms with E-state index in [9.17, 15) is 14.9 Å². The Hall–Kier alpha value is -2.19. The van der Waals surface area contributed by atoms with Crippen LogP contribution in [0.1, 0.15) is 10.4 Å². The Bertz CT molecular complexity index is 738. The van der Waals surface area contributed by atoms with Gasteiger partial charge >= 0.3 is 5.97 Å². The molecule has 0 saturated heterocycles. The maximum absolute atomic E-state index is 11.1. The number of aromatic nitrogens is 1. The highest BCUT2D eigenvalue weighted by Gasteiger charge is 2.17. The summed E-state index contributed by atoms with van der Waals surface area (Å²) in [5.41, 5.74) is -0.367. The second-order valence-corrected chi connectivity index (χ2v) is 5.11. The van der Waals surface area contributed by atoms with Crippen LogP contribution in [0.25, 0.3) is 0 Å². The molecule has 1 aromatic carbocycles. The fourth-order valence-electron chi connectivity index (χ4n) is 1.45. The monoisotopic (exact) mass is 372 g/mol. The Morgan fingerprint density at radius 1 is 1.43 bits per heavy atom. The third-order valence-corrected chi connectivity index (χ3v) is 3.11. The lowest BCUT2D eigenvalue weighted by atomic mass is 10.2. The number of rotatable bonds is 4. The summed E-state index contributed by atoms with van der Waals surface area (Å²) in [4.78, 5) is 25.0. The summed E-state index contributed by atoms with van der Waals surface area (Å²) in [5, 5.41) is 19.7. The smallest absolute Gasteiger partial charge is 0.341 e. The molecule has 0 unspecified atom stereocenters. The van der Waals surface area contributed by atoms with Gasteiger partial charge in [-0.15, -0.1) is 0 Å². The van der Waals surface area contributed by atoms with Crippen LogP contribution < -0.4 is 4.74 Å². The summed E-state index contributed by atoms with van der Waals surface area (Å²) in [5.74, 6) is -1.32. The number of hydrogen-bond donors (Lipinski definition) is 1. The number of non-ortho nitro benzene ring substituents is 1. The maximum atomic E-state index is 11.1. The molecule has 2 rings (SSSR count). The molecule has 7 nitrogen and oxygen atoms in total. The second kappa shape index (κ2) is 6.06. The summed E-state index contributed by atoms with van der Waals surface area (Å²) < 4.78 is 5.80. The number of aromatic carboxylic acids is 1. The second-order valence-electron chi connectivity index (χ2n) is 3.79. The number of ether oxygens (including phenoxy) is 1. The van der Waals surface area contributed by atoms with E-state index >= 15 is 0 Å². The van der Waals surface area contributed by atoms with Gasteiger partial charge in [-0.25, -0.2) is 9.78 Å². The van der Waals surface area contributed by atoms with E-state index in [1.807, 2.05) is 0 Å².